The Labute approximate surface area is 120 Å². The van der Waals surface area contributed by atoms with E-state index >= 15 is 0 Å². The summed E-state index contributed by atoms with van der Waals surface area (Å²) in [4.78, 5) is 12.0. The topological polar surface area (TPSA) is 49.3 Å². The van der Waals surface area contributed by atoms with Crippen LogP contribution < -0.4 is 5.32 Å². The first kappa shape index (κ1) is 13.6. The minimum atomic E-state index is -0.243. The van der Waals surface area contributed by atoms with Crippen LogP contribution in [-0.2, 0) is 6.42 Å². The van der Waals surface area contributed by atoms with Crippen molar-refractivity contribution in [1.82, 2.24) is 0 Å². The third-order valence-electron chi connectivity index (χ3n) is 2.83. The number of aryl methyl sites for hydroxylation is 1. The van der Waals surface area contributed by atoms with Crippen molar-refractivity contribution in [3.63, 3.8) is 0 Å². The van der Waals surface area contributed by atoms with E-state index in [1.807, 2.05) is 24.3 Å². The van der Waals surface area contributed by atoms with E-state index < -0.39 is 0 Å². The molecule has 19 heavy (non-hydrogen) atoms. The number of carbonyl (C=O) groups is 1. The molecule has 0 saturated heterocycles. The van der Waals surface area contributed by atoms with E-state index in [9.17, 15) is 9.90 Å². The molecule has 4 heteroatoms. The van der Waals surface area contributed by atoms with Crippen LogP contribution in [0.1, 0.15) is 22.8 Å². The van der Waals surface area contributed by atoms with Gasteiger partial charge >= 0.3 is 0 Å². The number of carbonyl (C=O) groups excluding carboxylic acids is 1. The van der Waals surface area contributed by atoms with Gasteiger partial charge in [0.1, 0.15) is 5.75 Å². The molecule has 0 saturated carbocycles. The van der Waals surface area contributed by atoms with Crippen molar-refractivity contribution in [3.8, 4) is 5.75 Å². The van der Waals surface area contributed by atoms with Crippen LogP contribution in [0.5, 0.6) is 5.75 Å². The minimum absolute atomic E-state index is 0.0500. The molecular weight excluding hydrogens is 306 g/mol. The van der Waals surface area contributed by atoms with Gasteiger partial charge in [0.25, 0.3) is 5.91 Å². The Balaban J connectivity index is 2.13. The van der Waals surface area contributed by atoms with Crippen molar-refractivity contribution in [3.05, 3.63) is 58.1 Å². The van der Waals surface area contributed by atoms with Crippen molar-refractivity contribution in [2.45, 2.75) is 13.3 Å². The number of rotatable bonds is 3. The van der Waals surface area contributed by atoms with Crippen LogP contribution in [-0.4, -0.2) is 11.0 Å². The van der Waals surface area contributed by atoms with Crippen molar-refractivity contribution in [1.29, 1.82) is 0 Å². The number of halogens is 1. The Kier molecular flexibility index (Phi) is 4.22. The monoisotopic (exact) mass is 319 g/mol. The second kappa shape index (κ2) is 5.89. The highest BCUT2D eigenvalue weighted by atomic mass is 79.9. The third-order valence-corrected chi connectivity index (χ3v) is 3.50. The molecule has 0 aliphatic carbocycles. The zero-order valence-corrected chi connectivity index (χ0v) is 12.1. The van der Waals surface area contributed by atoms with E-state index in [1.165, 1.54) is 11.6 Å². The van der Waals surface area contributed by atoms with Gasteiger partial charge in [-0.3, -0.25) is 4.79 Å². The first-order valence-corrected chi connectivity index (χ1v) is 6.78. The van der Waals surface area contributed by atoms with Gasteiger partial charge in [-0.15, -0.1) is 0 Å². The van der Waals surface area contributed by atoms with Crippen LogP contribution in [0.15, 0.2) is 46.9 Å². The highest BCUT2D eigenvalue weighted by Crippen LogP contribution is 2.24. The summed E-state index contributed by atoms with van der Waals surface area (Å²) in [7, 11) is 0. The fraction of sp³-hybridized carbons (Fsp3) is 0.133. The smallest absolute Gasteiger partial charge is 0.255 e. The molecule has 0 aliphatic heterocycles. The molecule has 2 aromatic carbocycles. The van der Waals surface area contributed by atoms with Crippen molar-refractivity contribution in [2.24, 2.45) is 0 Å². The number of nitrogens with one attached hydrogen (secondary N) is 1. The number of phenols is 1. The van der Waals surface area contributed by atoms with Gasteiger partial charge in [-0.1, -0.05) is 19.1 Å². The summed E-state index contributed by atoms with van der Waals surface area (Å²) in [5, 5.41) is 12.3. The van der Waals surface area contributed by atoms with Crippen molar-refractivity contribution >= 4 is 27.5 Å². The maximum atomic E-state index is 12.0. The lowest BCUT2D eigenvalue weighted by Crippen LogP contribution is -2.11. The van der Waals surface area contributed by atoms with Gasteiger partial charge in [0, 0.05) is 11.3 Å². The number of amides is 1. The lowest BCUT2D eigenvalue weighted by molar-refractivity contribution is 0.102. The van der Waals surface area contributed by atoms with Crippen LogP contribution in [0.3, 0.4) is 0 Å². The molecule has 0 bridgehead atoms. The van der Waals surface area contributed by atoms with E-state index in [4.69, 9.17) is 0 Å². The molecule has 0 unspecified atom stereocenters. The average Bonchev–Trinajstić information content (AvgIpc) is 2.42. The van der Waals surface area contributed by atoms with E-state index in [0.29, 0.717) is 10.0 Å². The minimum Gasteiger partial charge on any atom is -0.507 e. The van der Waals surface area contributed by atoms with Crippen LogP contribution in [0, 0.1) is 0 Å². The molecule has 1 amide bonds. The molecule has 0 aliphatic rings. The Morgan fingerprint density at radius 2 is 1.89 bits per heavy atom. The van der Waals surface area contributed by atoms with Gasteiger partial charge in [-0.2, -0.15) is 0 Å². The van der Waals surface area contributed by atoms with Gasteiger partial charge in [0.15, 0.2) is 0 Å². The average molecular weight is 320 g/mol. The van der Waals surface area contributed by atoms with Crippen LogP contribution in [0.4, 0.5) is 5.69 Å². The zero-order chi connectivity index (χ0) is 13.8. The fourth-order valence-electron chi connectivity index (χ4n) is 1.68. The lowest BCUT2D eigenvalue weighted by atomic mass is 10.1. The molecule has 2 N–H and O–H groups in total. The SMILES string of the molecule is CCc1ccc(NC(=O)c2ccc(Br)c(O)c2)cc1. The summed E-state index contributed by atoms with van der Waals surface area (Å²) in [6.45, 7) is 2.08. The summed E-state index contributed by atoms with van der Waals surface area (Å²) < 4.78 is 0.566. The first-order chi connectivity index (χ1) is 9.10. The number of anilines is 1. The van der Waals surface area contributed by atoms with Gasteiger partial charge in [-0.25, -0.2) is 0 Å². The second-order valence-corrected chi connectivity index (χ2v) is 5.03. The predicted octanol–water partition coefficient (Wildman–Crippen LogP) is 3.97. The molecule has 2 rings (SSSR count). The third kappa shape index (κ3) is 3.35. The van der Waals surface area contributed by atoms with E-state index in [-0.39, 0.29) is 11.7 Å². The highest BCUT2D eigenvalue weighted by molar-refractivity contribution is 9.10. The first-order valence-electron chi connectivity index (χ1n) is 5.99. The lowest BCUT2D eigenvalue weighted by Gasteiger charge is -2.07. The maximum Gasteiger partial charge on any atom is 0.255 e. The van der Waals surface area contributed by atoms with E-state index in [1.54, 1.807) is 12.1 Å². The molecule has 3 nitrogen and oxygen atoms in total. The zero-order valence-electron chi connectivity index (χ0n) is 10.5. The van der Waals surface area contributed by atoms with Crippen LogP contribution in [0.2, 0.25) is 0 Å². The van der Waals surface area contributed by atoms with Gasteiger partial charge in [0.2, 0.25) is 0 Å². The molecule has 0 aromatic heterocycles. The second-order valence-electron chi connectivity index (χ2n) is 4.17. The van der Waals surface area contributed by atoms with Crippen LogP contribution in [0.25, 0.3) is 0 Å². The fourth-order valence-corrected chi connectivity index (χ4v) is 1.93. The standard InChI is InChI=1S/C15H14BrNO2/c1-2-10-3-6-12(7-4-10)17-15(19)11-5-8-13(16)14(18)9-11/h3-9,18H,2H2,1H3,(H,17,19). The van der Waals surface area contributed by atoms with Crippen molar-refractivity contribution < 1.29 is 9.90 Å². The van der Waals surface area contributed by atoms with Crippen molar-refractivity contribution in [2.75, 3.05) is 5.32 Å². The number of hydrogen-bond acceptors (Lipinski definition) is 2. The molecule has 2 aromatic rings. The summed E-state index contributed by atoms with van der Waals surface area (Å²) in [6, 6.07) is 12.4. The van der Waals surface area contributed by atoms with Gasteiger partial charge < -0.3 is 10.4 Å². The number of hydrogen-bond donors (Lipinski definition) is 2. The number of benzene rings is 2. The molecule has 0 radical (unpaired) electrons. The molecule has 0 heterocycles. The molecule has 0 fully saturated rings. The van der Waals surface area contributed by atoms with Crippen LogP contribution >= 0.6 is 15.9 Å². The molecule has 0 atom stereocenters. The Morgan fingerprint density at radius 1 is 1.21 bits per heavy atom. The molecule has 0 spiro atoms. The summed E-state index contributed by atoms with van der Waals surface area (Å²) >= 11 is 3.18. The quantitative estimate of drug-likeness (QED) is 0.899. The Morgan fingerprint density at radius 3 is 2.47 bits per heavy atom. The summed E-state index contributed by atoms with van der Waals surface area (Å²) in [5.74, 6) is -0.193. The van der Waals surface area contributed by atoms with E-state index in [2.05, 4.69) is 28.2 Å². The summed E-state index contributed by atoms with van der Waals surface area (Å²) in [5.41, 5.74) is 2.38. The molecular formula is C15H14BrNO2. The Hall–Kier alpha value is -1.81. The normalized spacial score (nSPS) is 10.2. The van der Waals surface area contributed by atoms with E-state index in [0.717, 1.165) is 12.1 Å². The largest absolute Gasteiger partial charge is 0.507 e. The highest BCUT2D eigenvalue weighted by Gasteiger charge is 2.08. The Bertz CT molecular complexity index is 594. The van der Waals surface area contributed by atoms with Gasteiger partial charge in [0.05, 0.1) is 4.47 Å². The maximum absolute atomic E-state index is 12.0. The predicted molar refractivity (Wildman–Crippen MR) is 79.6 cm³/mol. The number of aromatic hydroxyl groups is 1. The summed E-state index contributed by atoms with van der Waals surface area (Å²) in [6.07, 6.45) is 0.967. The molecule has 98 valence electrons. The number of phenolic OH excluding ortho intramolecular Hbond substituents is 1. The van der Waals surface area contributed by atoms with Gasteiger partial charge in [-0.05, 0) is 58.2 Å².